The van der Waals surface area contributed by atoms with Crippen LogP contribution in [0.25, 0.3) is 11.4 Å². The van der Waals surface area contributed by atoms with Crippen LogP contribution in [0.4, 0.5) is 5.69 Å². The highest BCUT2D eigenvalue weighted by Gasteiger charge is 2.12. The molecule has 3 rings (SSSR count). The van der Waals surface area contributed by atoms with E-state index in [0.29, 0.717) is 27.3 Å². The third-order valence-electron chi connectivity index (χ3n) is 3.78. The zero-order chi connectivity index (χ0) is 19.4. The number of rotatable bonds is 5. The first kappa shape index (κ1) is 18.9. The Hall–Kier alpha value is -2.83. The Balaban J connectivity index is 1.76. The van der Waals surface area contributed by atoms with Crippen molar-refractivity contribution in [1.29, 1.82) is 0 Å². The molecule has 1 aromatic heterocycles. The molecule has 0 radical (unpaired) electrons. The van der Waals surface area contributed by atoms with Crippen LogP contribution in [0.5, 0.6) is 5.75 Å². The van der Waals surface area contributed by atoms with Crippen LogP contribution in [-0.2, 0) is 11.2 Å². The zero-order valence-corrected chi connectivity index (χ0v) is 15.8. The molecule has 0 atom stereocenters. The van der Waals surface area contributed by atoms with Crippen molar-refractivity contribution in [3.8, 4) is 17.1 Å². The molecular formula is C19H15Cl2N3O3. The number of H-pyrrole nitrogens is 1. The molecule has 0 saturated carbocycles. The molecule has 0 aliphatic carbocycles. The van der Waals surface area contributed by atoms with Crippen molar-refractivity contribution in [2.24, 2.45) is 0 Å². The van der Waals surface area contributed by atoms with Crippen LogP contribution in [0, 0.1) is 0 Å². The van der Waals surface area contributed by atoms with Crippen LogP contribution in [0.3, 0.4) is 0 Å². The van der Waals surface area contributed by atoms with Gasteiger partial charge < -0.3 is 15.0 Å². The number of aromatic amines is 1. The molecule has 6 nitrogen and oxygen atoms in total. The lowest BCUT2D eigenvalue weighted by Gasteiger charge is -2.10. The summed E-state index contributed by atoms with van der Waals surface area (Å²) in [4.78, 5) is 31.5. The van der Waals surface area contributed by atoms with Gasteiger partial charge in [0.05, 0.1) is 19.2 Å². The molecule has 0 fully saturated rings. The van der Waals surface area contributed by atoms with Gasteiger partial charge in [-0.15, -0.1) is 0 Å². The van der Waals surface area contributed by atoms with Gasteiger partial charge in [0.2, 0.25) is 5.91 Å². The zero-order valence-electron chi connectivity index (χ0n) is 14.3. The molecule has 2 N–H and O–H groups in total. The van der Waals surface area contributed by atoms with Gasteiger partial charge in [-0.3, -0.25) is 9.59 Å². The number of amides is 1. The Morgan fingerprint density at radius 3 is 2.52 bits per heavy atom. The molecule has 0 saturated heterocycles. The van der Waals surface area contributed by atoms with Crippen molar-refractivity contribution in [3.05, 3.63) is 74.6 Å². The summed E-state index contributed by atoms with van der Waals surface area (Å²) in [5.74, 6) is 0.484. The van der Waals surface area contributed by atoms with E-state index in [1.807, 2.05) is 0 Å². The first-order valence-corrected chi connectivity index (χ1v) is 8.69. The summed E-state index contributed by atoms with van der Waals surface area (Å²) in [5, 5.41) is 3.73. The van der Waals surface area contributed by atoms with Gasteiger partial charge in [-0.1, -0.05) is 23.2 Å². The maximum absolute atomic E-state index is 12.3. The molecule has 0 bridgehead atoms. The van der Waals surface area contributed by atoms with Crippen LogP contribution < -0.4 is 15.6 Å². The minimum atomic E-state index is -0.387. The van der Waals surface area contributed by atoms with E-state index in [-0.39, 0.29) is 23.5 Å². The molecule has 138 valence electrons. The highest BCUT2D eigenvalue weighted by molar-refractivity contribution is 6.31. The molecule has 0 aliphatic rings. The fourth-order valence-corrected chi connectivity index (χ4v) is 2.74. The minimum absolute atomic E-state index is 0.140. The molecule has 1 amide bonds. The van der Waals surface area contributed by atoms with Crippen molar-refractivity contribution in [2.75, 3.05) is 12.4 Å². The van der Waals surface area contributed by atoms with E-state index in [0.717, 1.165) is 5.56 Å². The summed E-state index contributed by atoms with van der Waals surface area (Å²) in [6.07, 6.45) is 1.25. The SMILES string of the molecule is COc1ccc(Cl)cc1NC(=O)Cc1cnc(-c2ccc(Cl)cc2)[nH]c1=O. The second-order valence-corrected chi connectivity index (χ2v) is 6.54. The topological polar surface area (TPSA) is 84.1 Å². The van der Waals surface area contributed by atoms with E-state index >= 15 is 0 Å². The molecule has 2 aromatic carbocycles. The van der Waals surface area contributed by atoms with Crippen LogP contribution in [-0.4, -0.2) is 23.0 Å². The largest absolute Gasteiger partial charge is 0.495 e. The van der Waals surface area contributed by atoms with Gasteiger partial charge in [0.25, 0.3) is 5.56 Å². The average Bonchev–Trinajstić information content (AvgIpc) is 2.64. The van der Waals surface area contributed by atoms with Gasteiger partial charge in [0, 0.05) is 27.4 Å². The molecular weight excluding hydrogens is 389 g/mol. The molecule has 0 aliphatic heterocycles. The Morgan fingerprint density at radius 2 is 1.85 bits per heavy atom. The van der Waals surface area contributed by atoms with Gasteiger partial charge in [-0.05, 0) is 42.5 Å². The van der Waals surface area contributed by atoms with Gasteiger partial charge in [-0.2, -0.15) is 0 Å². The maximum atomic E-state index is 12.3. The molecule has 8 heteroatoms. The second kappa shape index (κ2) is 8.24. The highest BCUT2D eigenvalue weighted by Crippen LogP contribution is 2.27. The maximum Gasteiger partial charge on any atom is 0.254 e. The van der Waals surface area contributed by atoms with Crippen molar-refractivity contribution in [3.63, 3.8) is 0 Å². The number of anilines is 1. The Kier molecular flexibility index (Phi) is 5.78. The van der Waals surface area contributed by atoms with Crippen LogP contribution in [0.2, 0.25) is 10.0 Å². The van der Waals surface area contributed by atoms with Gasteiger partial charge in [0.15, 0.2) is 0 Å². The molecule has 0 spiro atoms. The summed E-state index contributed by atoms with van der Waals surface area (Å²) >= 11 is 11.8. The third kappa shape index (κ3) is 4.67. The molecule has 1 heterocycles. The fraction of sp³-hybridized carbons (Fsp3) is 0.105. The van der Waals surface area contributed by atoms with E-state index in [4.69, 9.17) is 27.9 Å². The van der Waals surface area contributed by atoms with Gasteiger partial charge in [0.1, 0.15) is 11.6 Å². The summed E-state index contributed by atoms with van der Waals surface area (Å²) in [7, 11) is 1.49. The molecule has 3 aromatic rings. The van der Waals surface area contributed by atoms with E-state index < -0.39 is 0 Å². The van der Waals surface area contributed by atoms with Crippen molar-refractivity contribution in [1.82, 2.24) is 9.97 Å². The summed E-state index contributed by atoms with van der Waals surface area (Å²) in [6, 6.07) is 11.8. The number of ether oxygens (including phenoxy) is 1. The number of nitrogens with zero attached hydrogens (tertiary/aromatic N) is 1. The predicted octanol–water partition coefficient (Wildman–Crippen LogP) is 3.93. The van der Waals surface area contributed by atoms with Crippen molar-refractivity contribution in [2.45, 2.75) is 6.42 Å². The number of carbonyl (C=O) groups is 1. The lowest BCUT2D eigenvalue weighted by Crippen LogP contribution is -2.22. The average molecular weight is 404 g/mol. The number of hydrogen-bond donors (Lipinski definition) is 2. The van der Waals surface area contributed by atoms with E-state index in [1.165, 1.54) is 13.3 Å². The Labute approximate surface area is 165 Å². The lowest BCUT2D eigenvalue weighted by atomic mass is 10.2. The van der Waals surface area contributed by atoms with Gasteiger partial charge >= 0.3 is 0 Å². The number of nitrogens with one attached hydrogen (secondary N) is 2. The number of halogens is 2. The number of hydrogen-bond acceptors (Lipinski definition) is 4. The van der Waals surface area contributed by atoms with E-state index in [9.17, 15) is 9.59 Å². The number of benzene rings is 2. The van der Waals surface area contributed by atoms with Crippen LogP contribution in [0.15, 0.2) is 53.5 Å². The smallest absolute Gasteiger partial charge is 0.254 e. The van der Waals surface area contributed by atoms with Crippen molar-refractivity contribution >= 4 is 34.8 Å². The lowest BCUT2D eigenvalue weighted by molar-refractivity contribution is -0.115. The first-order chi connectivity index (χ1) is 13.0. The van der Waals surface area contributed by atoms with Gasteiger partial charge in [-0.25, -0.2) is 4.98 Å². The van der Waals surface area contributed by atoms with E-state index in [1.54, 1.807) is 42.5 Å². The normalized spacial score (nSPS) is 10.5. The molecule has 27 heavy (non-hydrogen) atoms. The number of carbonyl (C=O) groups excluding carboxylic acids is 1. The predicted molar refractivity (Wildman–Crippen MR) is 106 cm³/mol. The van der Waals surface area contributed by atoms with Crippen molar-refractivity contribution < 1.29 is 9.53 Å². The molecule has 0 unspecified atom stereocenters. The quantitative estimate of drug-likeness (QED) is 0.675. The van der Waals surface area contributed by atoms with Crippen LogP contribution >= 0.6 is 23.2 Å². The standard InChI is InChI=1S/C19H15Cl2N3O3/c1-27-16-7-6-14(21)9-15(16)23-17(25)8-12-10-22-18(24-19(12)26)11-2-4-13(20)5-3-11/h2-7,9-10H,8H2,1H3,(H,23,25)(H,22,24,26). The Bertz CT molecular complexity index is 1030. The summed E-state index contributed by atoms with van der Waals surface area (Å²) in [5.41, 5.74) is 1.00. The number of aromatic nitrogens is 2. The summed E-state index contributed by atoms with van der Waals surface area (Å²) < 4.78 is 5.19. The monoisotopic (exact) mass is 403 g/mol. The fourth-order valence-electron chi connectivity index (χ4n) is 2.45. The van der Waals surface area contributed by atoms with Crippen LogP contribution in [0.1, 0.15) is 5.56 Å². The highest BCUT2D eigenvalue weighted by atomic mass is 35.5. The minimum Gasteiger partial charge on any atom is -0.495 e. The third-order valence-corrected chi connectivity index (χ3v) is 4.26. The summed E-state index contributed by atoms with van der Waals surface area (Å²) in [6.45, 7) is 0. The van der Waals surface area contributed by atoms with E-state index in [2.05, 4.69) is 15.3 Å². The number of methoxy groups -OCH3 is 1. The first-order valence-electron chi connectivity index (χ1n) is 7.94. The Morgan fingerprint density at radius 1 is 1.15 bits per heavy atom. The second-order valence-electron chi connectivity index (χ2n) is 5.66.